The Morgan fingerprint density at radius 2 is 1.53 bits per heavy atom. The third-order valence-electron chi connectivity index (χ3n) is 6.25. The van der Waals surface area contributed by atoms with Crippen LogP contribution >= 0.6 is 0 Å². The number of rotatable bonds is 1. The van der Waals surface area contributed by atoms with Crippen molar-refractivity contribution in [3.8, 4) is 28.3 Å². The van der Waals surface area contributed by atoms with E-state index in [4.69, 9.17) is 23.1 Å². The summed E-state index contributed by atoms with van der Waals surface area (Å²) in [6.45, 7) is 4.66. The molecule has 0 saturated heterocycles. The Bertz CT molecular complexity index is 1320. The molecule has 1 aliphatic heterocycles. The van der Waals surface area contributed by atoms with Gasteiger partial charge in [-0.05, 0) is 29.8 Å². The first-order valence-electron chi connectivity index (χ1n) is 10.1. The molecule has 0 N–H and O–H groups in total. The van der Waals surface area contributed by atoms with Gasteiger partial charge in [0.1, 0.15) is 5.76 Å². The van der Waals surface area contributed by atoms with Crippen molar-refractivity contribution < 1.29 is 37.9 Å². The normalized spacial score (nSPS) is 14.7. The van der Waals surface area contributed by atoms with E-state index in [1.165, 1.54) is 44.9 Å². The van der Waals surface area contributed by atoms with Gasteiger partial charge < -0.3 is 4.42 Å². The standard InChI is InChI=1S/C25H20NO.ClHO4/c1-25(2)19-10-5-4-9-17(19)24-20(25)15-18(23-12-7-13-27-23)22-14-16-8-3-6-11-21(16)26(22)24;2-1(3,4)5/h3-13,15H,14H2,1-2H3;(H,2,3,4,5)/q+1;/p-1. The molecule has 2 aromatic carbocycles. The molecule has 162 valence electrons. The largest absolute Gasteiger partial charge is 0.464 e. The van der Waals surface area contributed by atoms with Gasteiger partial charge >= 0.3 is 0 Å². The smallest absolute Gasteiger partial charge is 0.223 e. The summed E-state index contributed by atoms with van der Waals surface area (Å²) < 4.78 is 42.3. The summed E-state index contributed by atoms with van der Waals surface area (Å²) in [5.74, 6) is 0.945. The number of nitrogens with zero attached hydrogens (tertiary/aromatic N) is 1. The van der Waals surface area contributed by atoms with Crippen molar-refractivity contribution in [1.29, 1.82) is 0 Å². The summed E-state index contributed by atoms with van der Waals surface area (Å²) >= 11 is 0. The molecule has 0 bridgehead atoms. The number of hydrogen-bond acceptors (Lipinski definition) is 5. The molecule has 0 amide bonds. The lowest BCUT2D eigenvalue weighted by molar-refractivity contribution is -2.00. The number of hydrogen-bond donors (Lipinski definition) is 0. The van der Waals surface area contributed by atoms with E-state index in [0.29, 0.717) is 0 Å². The fourth-order valence-electron chi connectivity index (χ4n) is 4.94. The number of aromatic nitrogens is 1. The van der Waals surface area contributed by atoms with Crippen LogP contribution in [0.15, 0.2) is 77.4 Å². The van der Waals surface area contributed by atoms with Gasteiger partial charge in [0.25, 0.3) is 0 Å². The highest BCUT2D eigenvalue weighted by atomic mass is 35.7. The van der Waals surface area contributed by atoms with Crippen LogP contribution in [0.5, 0.6) is 0 Å². The molecule has 4 aromatic rings. The summed E-state index contributed by atoms with van der Waals surface area (Å²) in [6.07, 6.45) is 2.70. The molecule has 2 aromatic heterocycles. The van der Waals surface area contributed by atoms with Gasteiger partial charge in [-0.1, -0.05) is 50.2 Å². The molecule has 0 unspecified atom stereocenters. The molecule has 6 nitrogen and oxygen atoms in total. The summed E-state index contributed by atoms with van der Waals surface area (Å²) in [5.41, 5.74) is 10.6. The monoisotopic (exact) mass is 449 g/mol. The topological polar surface area (TPSA) is 109 Å². The molecule has 7 heteroatoms. The van der Waals surface area contributed by atoms with Crippen LogP contribution in [-0.4, -0.2) is 0 Å². The van der Waals surface area contributed by atoms with Crippen LogP contribution in [0.25, 0.3) is 28.3 Å². The fourth-order valence-corrected chi connectivity index (χ4v) is 4.94. The molecule has 0 atom stereocenters. The minimum absolute atomic E-state index is 0.0349. The average Bonchev–Trinajstić information content (AvgIpc) is 3.43. The minimum atomic E-state index is -4.94. The summed E-state index contributed by atoms with van der Waals surface area (Å²) in [4.78, 5) is 0. The molecule has 0 fully saturated rings. The maximum atomic E-state index is 8.49. The summed E-state index contributed by atoms with van der Waals surface area (Å²) in [7, 11) is -4.94. The van der Waals surface area contributed by atoms with Crippen LogP contribution in [0.2, 0.25) is 0 Å². The van der Waals surface area contributed by atoms with Crippen molar-refractivity contribution in [3.05, 3.63) is 95.4 Å². The van der Waals surface area contributed by atoms with Crippen molar-refractivity contribution in [2.45, 2.75) is 25.7 Å². The van der Waals surface area contributed by atoms with Crippen molar-refractivity contribution in [1.82, 2.24) is 0 Å². The Balaban J connectivity index is 0.000000393. The van der Waals surface area contributed by atoms with Crippen LogP contribution < -0.4 is 23.2 Å². The van der Waals surface area contributed by atoms with E-state index < -0.39 is 10.2 Å². The molecule has 0 spiro atoms. The van der Waals surface area contributed by atoms with Gasteiger partial charge in [-0.3, -0.25) is 0 Å². The number of para-hydroxylation sites is 1. The van der Waals surface area contributed by atoms with Gasteiger partial charge in [-0.15, -0.1) is 10.2 Å². The van der Waals surface area contributed by atoms with Crippen molar-refractivity contribution in [2.75, 3.05) is 0 Å². The Morgan fingerprint density at radius 3 is 2.25 bits per heavy atom. The second-order valence-corrected chi connectivity index (χ2v) is 9.19. The molecular weight excluding hydrogens is 430 g/mol. The third-order valence-corrected chi connectivity index (χ3v) is 6.25. The number of halogens is 1. The molecule has 0 saturated carbocycles. The molecule has 3 heterocycles. The zero-order valence-electron chi connectivity index (χ0n) is 17.5. The van der Waals surface area contributed by atoms with E-state index in [1.807, 2.05) is 6.07 Å². The third kappa shape index (κ3) is 3.33. The first-order chi connectivity index (χ1) is 15.2. The van der Waals surface area contributed by atoms with Gasteiger partial charge in [-0.25, -0.2) is 18.6 Å². The SMILES string of the molecule is CC1(C)c2ccccc2-c2c1cc(-c1ccco1)c1[n+]2-c2ccccc2C1.[O-][Cl+3]([O-])([O-])[O-]. The van der Waals surface area contributed by atoms with Gasteiger partial charge in [0, 0.05) is 22.6 Å². The summed E-state index contributed by atoms with van der Waals surface area (Å²) in [6, 6.07) is 24.0. The van der Waals surface area contributed by atoms with Gasteiger partial charge in [0.05, 0.1) is 23.8 Å². The summed E-state index contributed by atoms with van der Waals surface area (Å²) in [5, 5.41) is 0. The number of furan rings is 1. The lowest BCUT2D eigenvalue weighted by atomic mass is 9.82. The number of benzene rings is 2. The average molecular weight is 450 g/mol. The Labute approximate surface area is 187 Å². The van der Waals surface area contributed by atoms with Gasteiger partial charge in [-0.2, -0.15) is 4.57 Å². The van der Waals surface area contributed by atoms with Gasteiger partial charge in [0.15, 0.2) is 0 Å². The van der Waals surface area contributed by atoms with Crippen LogP contribution in [0.3, 0.4) is 0 Å². The van der Waals surface area contributed by atoms with Crippen LogP contribution in [0.1, 0.15) is 36.2 Å². The molecule has 2 aliphatic rings. The molecule has 0 radical (unpaired) electrons. The van der Waals surface area contributed by atoms with Crippen LogP contribution in [0, 0.1) is 10.2 Å². The van der Waals surface area contributed by atoms with Crippen molar-refractivity contribution in [3.63, 3.8) is 0 Å². The number of fused-ring (bicyclic) bond motifs is 7. The highest BCUT2D eigenvalue weighted by molar-refractivity contribution is 5.79. The van der Waals surface area contributed by atoms with E-state index >= 15 is 0 Å². The first kappa shape index (κ1) is 20.9. The van der Waals surface area contributed by atoms with E-state index in [-0.39, 0.29) is 5.41 Å². The van der Waals surface area contributed by atoms with Crippen molar-refractivity contribution >= 4 is 0 Å². The molecule has 1 aliphatic carbocycles. The zero-order chi connectivity index (χ0) is 22.7. The van der Waals surface area contributed by atoms with Gasteiger partial charge in [0.2, 0.25) is 17.1 Å². The van der Waals surface area contributed by atoms with E-state index in [2.05, 4.69) is 79.1 Å². The fraction of sp³-hybridized carbons (Fsp3) is 0.160. The van der Waals surface area contributed by atoms with Crippen molar-refractivity contribution in [2.24, 2.45) is 0 Å². The predicted molar refractivity (Wildman–Crippen MR) is 106 cm³/mol. The quantitative estimate of drug-likeness (QED) is 0.349. The molecule has 6 rings (SSSR count). The van der Waals surface area contributed by atoms with E-state index in [0.717, 1.165) is 12.2 Å². The molecule has 32 heavy (non-hydrogen) atoms. The van der Waals surface area contributed by atoms with E-state index in [9.17, 15) is 0 Å². The predicted octanol–water partition coefficient (Wildman–Crippen LogP) is 0.678. The minimum Gasteiger partial charge on any atom is -0.464 e. The lowest BCUT2D eigenvalue weighted by Crippen LogP contribution is -2.68. The molecular formula is C25H20ClNO5. The Hall–Kier alpha value is -3.00. The van der Waals surface area contributed by atoms with E-state index in [1.54, 1.807) is 6.26 Å². The highest BCUT2D eigenvalue weighted by Gasteiger charge is 2.46. The number of pyridine rings is 1. The second-order valence-electron chi connectivity index (χ2n) is 8.43. The second kappa shape index (κ2) is 7.27. The Kier molecular flexibility index (Phi) is 4.74. The first-order valence-corrected chi connectivity index (χ1v) is 11.4. The maximum absolute atomic E-state index is 8.49. The highest BCUT2D eigenvalue weighted by Crippen LogP contribution is 2.49. The Morgan fingerprint density at radius 1 is 0.844 bits per heavy atom. The maximum Gasteiger partial charge on any atom is 0.223 e. The van der Waals surface area contributed by atoms with Crippen LogP contribution in [-0.2, 0) is 11.8 Å². The zero-order valence-corrected chi connectivity index (χ0v) is 18.3. The van der Waals surface area contributed by atoms with Crippen LogP contribution in [0.4, 0.5) is 0 Å². The lowest BCUT2D eigenvalue weighted by Gasteiger charge is -2.20.